The fourth-order valence-electron chi connectivity index (χ4n) is 3.33. The van der Waals surface area contributed by atoms with E-state index >= 15 is 0 Å². The topological polar surface area (TPSA) is 66.5 Å². The van der Waals surface area contributed by atoms with Crippen molar-refractivity contribution in [2.45, 2.75) is 25.7 Å². The van der Waals surface area contributed by atoms with Gasteiger partial charge in [0.2, 0.25) is 5.91 Å². The van der Waals surface area contributed by atoms with Gasteiger partial charge in [0, 0.05) is 5.69 Å². The maximum Gasteiger partial charge on any atom is 0.264 e. The van der Waals surface area contributed by atoms with Crippen LogP contribution in [-0.4, -0.2) is 20.9 Å². The summed E-state index contributed by atoms with van der Waals surface area (Å²) in [5.41, 5.74) is 3.71. The lowest BCUT2D eigenvalue weighted by Gasteiger charge is -2.24. The molecule has 3 aromatic carbocycles. The molecule has 0 saturated heterocycles. The van der Waals surface area contributed by atoms with Crippen LogP contribution >= 0.6 is 0 Å². The van der Waals surface area contributed by atoms with Gasteiger partial charge in [-0.25, -0.2) is 12.8 Å². The number of nitrogens with one attached hydrogen (secondary N) is 1. The van der Waals surface area contributed by atoms with E-state index in [4.69, 9.17) is 0 Å². The number of benzene rings is 3. The summed E-state index contributed by atoms with van der Waals surface area (Å²) in [4.78, 5) is 12.9. The monoisotopic (exact) mass is 426 g/mol. The van der Waals surface area contributed by atoms with Gasteiger partial charge in [0.25, 0.3) is 10.0 Å². The van der Waals surface area contributed by atoms with Crippen LogP contribution in [0.25, 0.3) is 0 Å². The summed E-state index contributed by atoms with van der Waals surface area (Å²) in [7, 11) is -4.03. The van der Waals surface area contributed by atoms with Crippen LogP contribution in [0.3, 0.4) is 0 Å². The third kappa shape index (κ3) is 4.68. The third-order valence-corrected chi connectivity index (χ3v) is 6.46. The van der Waals surface area contributed by atoms with Gasteiger partial charge in [0.1, 0.15) is 12.4 Å². The summed E-state index contributed by atoms with van der Waals surface area (Å²) < 4.78 is 40.8. The highest BCUT2D eigenvalue weighted by atomic mass is 32.2. The minimum absolute atomic E-state index is 0.0461. The van der Waals surface area contributed by atoms with Crippen molar-refractivity contribution in [2.75, 3.05) is 16.2 Å². The molecule has 0 aliphatic rings. The molecule has 0 aliphatic carbocycles. The van der Waals surface area contributed by atoms with E-state index in [0.717, 1.165) is 33.1 Å². The van der Waals surface area contributed by atoms with Crippen LogP contribution < -0.4 is 9.62 Å². The zero-order valence-electron chi connectivity index (χ0n) is 17.0. The molecule has 0 bridgehead atoms. The van der Waals surface area contributed by atoms with E-state index in [0.29, 0.717) is 5.69 Å². The molecule has 1 N–H and O–H groups in total. The molecule has 1 amide bonds. The van der Waals surface area contributed by atoms with Crippen molar-refractivity contribution >= 4 is 27.3 Å². The lowest BCUT2D eigenvalue weighted by molar-refractivity contribution is -0.114. The maximum absolute atomic E-state index is 13.4. The Bertz CT molecular complexity index is 1140. The van der Waals surface area contributed by atoms with E-state index in [1.807, 2.05) is 32.9 Å². The molecular formula is C23H23FN2O3S. The second-order valence-corrected chi connectivity index (χ2v) is 8.99. The van der Waals surface area contributed by atoms with Gasteiger partial charge < -0.3 is 5.32 Å². The zero-order chi connectivity index (χ0) is 21.9. The molecule has 7 heteroatoms. The Kier molecular flexibility index (Phi) is 6.22. The van der Waals surface area contributed by atoms with Crippen LogP contribution in [0.5, 0.6) is 0 Å². The number of aryl methyl sites for hydroxylation is 3. The van der Waals surface area contributed by atoms with E-state index in [1.165, 1.54) is 24.3 Å². The Balaban J connectivity index is 1.95. The molecule has 5 nitrogen and oxygen atoms in total. The molecule has 0 radical (unpaired) electrons. The molecule has 0 saturated carbocycles. The van der Waals surface area contributed by atoms with Crippen molar-refractivity contribution in [3.63, 3.8) is 0 Å². The first kappa shape index (κ1) is 21.5. The van der Waals surface area contributed by atoms with Gasteiger partial charge in [0.15, 0.2) is 0 Å². The Morgan fingerprint density at radius 1 is 0.933 bits per heavy atom. The van der Waals surface area contributed by atoms with Crippen molar-refractivity contribution in [1.29, 1.82) is 0 Å². The lowest BCUT2D eigenvalue weighted by Crippen LogP contribution is -2.38. The fourth-order valence-corrected chi connectivity index (χ4v) is 4.77. The normalized spacial score (nSPS) is 11.2. The van der Waals surface area contributed by atoms with Crippen molar-refractivity contribution in [2.24, 2.45) is 0 Å². The molecule has 156 valence electrons. The van der Waals surface area contributed by atoms with Crippen LogP contribution in [0.4, 0.5) is 15.8 Å². The summed E-state index contributed by atoms with van der Waals surface area (Å²) in [6.45, 7) is 5.28. The smallest absolute Gasteiger partial charge is 0.264 e. The Morgan fingerprint density at radius 3 is 2.07 bits per heavy atom. The van der Waals surface area contributed by atoms with Crippen molar-refractivity contribution in [1.82, 2.24) is 0 Å². The number of halogens is 1. The van der Waals surface area contributed by atoms with Crippen LogP contribution in [0.15, 0.2) is 71.6 Å². The Labute approximate surface area is 176 Å². The van der Waals surface area contributed by atoms with Gasteiger partial charge in [-0.2, -0.15) is 0 Å². The number of amides is 1. The fraction of sp³-hybridized carbons (Fsp3) is 0.174. The highest BCUT2D eigenvalue weighted by Crippen LogP contribution is 2.25. The van der Waals surface area contributed by atoms with E-state index in [2.05, 4.69) is 5.32 Å². The minimum Gasteiger partial charge on any atom is -0.324 e. The molecule has 0 spiro atoms. The van der Waals surface area contributed by atoms with E-state index in [1.54, 1.807) is 18.2 Å². The Morgan fingerprint density at radius 2 is 1.50 bits per heavy atom. The molecule has 0 unspecified atom stereocenters. The summed E-state index contributed by atoms with van der Waals surface area (Å²) in [6, 6.07) is 16.7. The minimum atomic E-state index is -4.03. The van der Waals surface area contributed by atoms with Gasteiger partial charge in [-0.3, -0.25) is 9.10 Å². The SMILES string of the molecule is Cc1cc(C)c(NC(=O)CN(c2ccc(F)cc2)S(=O)(=O)c2ccccc2)c(C)c1. The highest BCUT2D eigenvalue weighted by molar-refractivity contribution is 7.92. The molecule has 0 aliphatic heterocycles. The number of nitrogens with zero attached hydrogens (tertiary/aromatic N) is 1. The number of sulfonamides is 1. The largest absolute Gasteiger partial charge is 0.324 e. The number of carbonyl (C=O) groups is 1. The summed E-state index contributed by atoms with van der Waals surface area (Å²) >= 11 is 0. The molecule has 3 aromatic rings. The van der Waals surface area contributed by atoms with Gasteiger partial charge >= 0.3 is 0 Å². The van der Waals surface area contributed by atoms with Crippen LogP contribution in [0.1, 0.15) is 16.7 Å². The number of anilines is 2. The number of hydrogen-bond acceptors (Lipinski definition) is 3. The van der Waals surface area contributed by atoms with Crippen LogP contribution in [0, 0.1) is 26.6 Å². The summed E-state index contributed by atoms with van der Waals surface area (Å²) in [6.07, 6.45) is 0. The van der Waals surface area contributed by atoms with Gasteiger partial charge in [-0.1, -0.05) is 35.9 Å². The van der Waals surface area contributed by atoms with Crippen LogP contribution in [-0.2, 0) is 14.8 Å². The molecular weight excluding hydrogens is 403 g/mol. The average Bonchev–Trinajstić information content (AvgIpc) is 2.70. The summed E-state index contributed by atoms with van der Waals surface area (Å²) in [5, 5.41) is 2.82. The van der Waals surface area contributed by atoms with E-state index in [9.17, 15) is 17.6 Å². The summed E-state index contributed by atoms with van der Waals surface area (Å²) in [5.74, 6) is -0.986. The Hall–Kier alpha value is -3.19. The van der Waals surface area contributed by atoms with Gasteiger partial charge in [0.05, 0.1) is 10.6 Å². The van der Waals surface area contributed by atoms with Crippen molar-refractivity contribution in [3.8, 4) is 0 Å². The van der Waals surface area contributed by atoms with Gasteiger partial charge in [-0.05, 0) is 68.3 Å². The van der Waals surface area contributed by atoms with Gasteiger partial charge in [-0.15, -0.1) is 0 Å². The molecule has 3 rings (SSSR count). The predicted molar refractivity (Wildman–Crippen MR) is 117 cm³/mol. The lowest BCUT2D eigenvalue weighted by atomic mass is 10.1. The average molecular weight is 427 g/mol. The molecule has 0 atom stereocenters. The van der Waals surface area contributed by atoms with Crippen molar-refractivity contribution in [3.05, 3.63) is 89.2 Å². The first-order valence-corrected chi connectivity index (χ1v) is 10.8. The molecule has 0 aromatic heterocycles. The second-order valence-electron chi connectivity index (χ2n) is 7.12. The maximum atomic E-state index is 13.4. The third-order valence-electron chi connectivity index (χ3n) is 4.67. The quantitative estimate of drug-likeness (QED) is 0.627. The molecule has 0 fully saturated rings. The van der Waals surface area contributed by atoms with E-state index < -0.39 is 28.3 Å². The second kappa shape index (κ2) is 8.67. The van der Waals surface area contributed by atoms with Crippen molar-refractivity contribution < 1.29 is 17.6 Å². The number of rotatable bonds is 6. The predicted octanol–water partition coefficient (Wildman–Crippen LogP) is 4.58. The first-order valence-electron chi connectivity index (χ1n) is 9.39. The molecule has 30 heavy (non-hydrogen) atoms. The highest BCUT2D eigenvalue weighted by Gasteiger charge is 2.27. The number of carbonyl (C=O) groups excluding carboxylic acids is 1. The van der Waals surface area contributed by atoms with Crippen LogP contribution in [0.2, 0.25) is 0 Å². The molecule has 0 heterocycles. The van der Waals surface area contributed by atoms with E-state index in [-0.39, 0.29) is 10.6 Å². The number of hydrogen-bond donors (Lipinski definition) is 1. The zero-order valence-corrected chi connectivity index (χ0v) is 17.8. The first-order chi connectivity index (χ1) is 14.2. The standard InChI is InChI=1S/C23H23FN2O3S/c1-16-13-17(2)23(18(3)14-16)25-22(27)15-26(20-11-9-19(24)10-12-20)30(28,29)21-7-5-4-6-8-21/h4-14H,15H2,1-3H3,(H,25,27).